The molecule has 0 amide bonds. The van der Waals surface area contributed by atoms with E-state index in [0.717, 1.165) is 66.0 Å². The average Bonchev–Trinajstić information content (AvgIpc) is 3.23. The smallest absolute Gasteiger partial charge is 0.227 e. The van der Waals surface area contributed by atoms with Crippen LogP contribution in [0.4, 0.5) is 0 Å². The quantitative estimate of drug-likeness (QED) is 0.352. The van der Waals surface area contributed by atoms with Gasteiger partial charge in [0.2, 0.25) is 5.89 Å². The molecular weight excluding hydrogens is 412 g/mol. The second kappa shape index (κ2) is 9.77. The van der Waals surface area contributed by atoms with Crippen LogP contribution in [0.3, 0.4) is 0 Å². The summed E-state index contributed by atoms with van der Waals surface area (Å²) in [6, 6.07) is 22.6. The lowest BCUT2D eigenvalue weighted by molar-refractivity contribution is -0.00418. The van der Waals surface area contributed by atoms with E-state index >= 15 is 0 Å². The zero-order valence-electron chi connectivity index (χ0n) is 19.3. The van der Waals surface area contributed by atoms with Crippen LogP contribution in [-0.2, 0) is 17.9 Å². The van der Waals surface area contributed by atoms with E-state index < -0.39 is 0 Å². The lowest BCUT2D eigenvalue weighted by Gasteiger charge is -2.31. The molecule has 1 aliphatic rings. The first-order valence-electron chi connectivity index (χ1n) is 11.6. The fourth-order valence-electron chi connectivity index (χ4n) is 4.56. The summed E-state index contributed by atoms with van der Waals surface area (Å²) in [6.45, 7) is 5.51. The highest BCUT2D eigenvalue weighted by molar-refractivity contribution is 5.98. The Balaban J connectivity index is 1.24. The third-order valence-electron chi connectivity index (χ3n) is 6.46. The van der Waals surface area contributed by atoms with Gasteiger partial charge < -0.3 is 13.9 Å². The Bertz CT molecular complexity index is 1210. The van der Waals surface area contributed by atoms with Gasteiger partial charge in [-0.15, -0.1) is 0 Å². The topological polar surface area (TPSA) is 47.7 Å². The molecule has 0 saturated carbocycles. The maximum absolute atomic E-state index is 6.14. The zero-order chi connectivity index (χ0) is 22.6. The molecule has 3 aromatic carbocycles. The number of hydrogen-bond acceptors (Lipinski definition) is 5. The van der Waals surface area contributed by atoms with Gasteiger partial charge >= 0.3 is 0 Å². The Hall–Kier alpha value is -3.15. The van der Waals surface area contributed by atoms with Crippen LogP contribution < -0.4 is 4.74 Å². The van der Waals surface area contributed by atoms with Crippen LogP contribution in [-0.4, -0.2) is 36.2 Å². The minimum Gasteiger partial charge on any atom is -0.496 e. The van der Waals surface area contributed by atoms with Gasteiger partial charge in [0.15, 0.2) is 0 Å². The molecule has 2 heterocycles. The fraction of sp³-hybridized carbons (Fsp3) is 0.321. The van der Waals surface area contributed by atoms with Crippen molar-refractivity contribution in [2.75, 3.05) is 20.2 Å². The molecule has 1 aromatic heterocycles. The summed E-state index contributed by atoms with van der Waals surface area (Å²) in [5.41, 5.74) is 3.24. The van der Waals surface area contributed by atoms with E-state index in [4.69, 9.17) is 18.9 Å². The first-order chi connectivity index (χ1) is 16.2. The molecule has 170 valence electrons. The van der Waals surface area contributed by atoms with E-state index in [0.29, 0.717) is 18.6 Å². The molecule has 0 bridgehead atoms. The Labute approximate surface area is 195 Å². The zero-order valence-corrected chi connectivity index (χ0v) is 19.3. The molecule has 0 unspecified atom stereocenters. The van der Waals surface area contributed by atoms with Gasteiger partial charge in [0.25, 0.3) is 0 Å². The number of rotatable bonds is 7. The summed E-state index contributed by atoms with van der Waals surface area (Å²) < 4.78 is 17.8. The van der Waals surface area contributed by atoms with E-state index in [9.17, 15) is 0 Å². The maximum Gasteiger partial charge on any atom is 0.227 e. The summed E-state index contributed by atoms with van der Waals surface area (Å²) in [4.78, 5) is 7.34. The van der Waals surface area contributed by atoms with Crippen molar-refractivity contribution in [2.24, 2.45) is 0 Å². The van der Waals surface area contributed by atoms with Crippen molar-refractivity contribution in [3.63, 3.8) is 0 Å². The maximum atomic E-state index is 6.14. The van der Waals surface area contributed by atoms with Crippen molar-refractivity contribution in [1.82, 2.24) is 9.88 Å². The molecular formula is C28H30N2O3. The average molecular weight is 443 g/mol. The van der Waals surface area contributed by atoms with Gasteiger partial charge in [0.05, 0.1) is 25.5 Å². The minimum absolute atomic E-state index is 0.320. The molecule has 5 nitrogen and oxygen atoms in total. The van der Waals surface area contributed by atoms with Crippen LogP contribution >= 0.6 is 0 Å². The van der Waals surface area contributed by atoms with Crippen molar-refractivity contribution in [3.8, 4) is 17.2 Å². The molecule has 5 rings (SSSR count). The van der Waals surface area contributed by atoms with Crippen LogP contribution in [0.1, 0.15) is 29.9 Å². The molecule has 1 aliphatic heterocycles. The number of fused-ring (bicyclic) bond motifs is 1. The molecule has 0 spiro atoms. The van der Waals surface area contributed by atoms with Crippen molar-refractivity contribution in [1.29, 1.82) is 0 Å². The fourth-order valence-corrected chi connectivity index (χ4v) is 4.56. The molecule has 0 radical (unpaired) electrons. The van der Waals surface area contributed by atoms with E-state index in [2.05, 4.69) is 41.3 Å². The first-order valence-corrected chi connectivity index (χ1v) is 11.6. The number of piperidine rings is 1. The molecule has 5 heteroatoms. The monoisotopic (exact) mass is 442 g/mol. The number of aryl methyl sites for hydroxylation is 1. The third-order valence-corrected chi connectivity index (χ3v) is 6.46. The van der Waals surface area contributed by atoms with Gasteiger partial charge in [-0.05, 0) is 42.8 Å². The summed E-state index contributed by atoms with van der Waals surface area (Å²) in [5.74, 6) is 2.41. The lowest BCUT2D eigenvalue weighted by Crippen LogP contribution is -2.36. The highest BCUT2D eigenvalue weighted by Gasteiger charge is 2.22. The molecule has 0 aliphatic carbocycles. The van der Waals surface area contributed by atoms with Gasteiger partial charge in [0, 0.05) is 30.6 Å². The lowest BCUT2D eigenvalue weighted by atomic mass is 10.0. The van der Waals surface area contributed by atoms with E-state index in [-0.39, 0.29) is 0 Å². The number of benzene rings is 3. The van der Waals surface area contributed by atoms with Crippen LogP contribution in [0.2, 0.25) is 0 Å². The Kier molecular flexibility index (Phi) is 6.42. The van der Waals surface area contributed by atoms with Gasteiger partial charge in [-0.1, -0.05) is 54.6 Å². The predicted octanol–water partition coefficient (Wildman–Crippen LogP) is 5.99. The molecule has 1 fully saturated rings. The van der Waals surface area contributed by atoms with Crippen molar-refractivity contribution in [2.45, 2.75) is 39.0 Å². The Morgan fingerprint density at radius 1 is 0.939 bits per heavy atom. The third kappa shape index (κ3) is 4.80. The minimum atomic E-state index is 0.320. The van der Waals surface area contributed by atoms with E-state index in [1.54, 1.807) is 7.11 Å². The van der Waals surface area contributed by atoms with Crippen molar-refractivity contribution < 1.29 is 13.9 Å². The standard InChI is InChI=1S/C28H30N2O3/c1-20-26(18-30-16-14-22(15-17-30)32-19-21-8-4-3-5-9-21)29-28(33-20)25-12-13-27(31-2)24-11-7-6-10-23(24)25/h3-13,22H,14-19H2,1-2H3. The van der Waals surface area contributed by atoms with E-state index in [1.807, 2.05) is 37.3 Å². The van der Waals surface area contributed by atoms with Crippen LogP contribution in [0.15, 0.2) is 71.1 Å². The Morgan fingerprint density at radius 2 is 1.67 bits per heavy atom. The highest BCUT2D eigenvalue weighted by atomic mass is 16.5. The highest BCUT2D eigenvalue weighted by Crippen LogP contribution is 2.35. The summed E-state index contributed by atoms with van der Waals surface area (Å²) in [6.07, 6.45) is 2.40. The normalized spacial score (nSPS) is 15.2. The number of aromatic nitrogens is 1. The largest absolute Gasteiger partial charge is 0.496 e. The number of nitrogens with zero attached hydrogens (tertiary/aromatic N) is 2. The summed E-state index contributed by atoms with van der Waals surface area (Å²) in [5, 5.41) is 2.15. The summed E-state index contributed by atoms with van der Waals surface area (Å²) >= 11 is 0. The van der Waals surface area contributed by atoms with Crippen molar-refractivity contribution in [3.05, 3.63) is 83.7 Å². The SMILES string of the molecule is COc1ccc(-c2nc(CN3CCC(OCc4ccccc4)CC3)c(C)o2)c2ccccc12. The van der Waals surface area contributed by atoms with Crippen LogP contribution in [0.5, 0.6) is 5.75 Å². The van der Waals surface area contributed by atoms with Crippen LogP contribution in [0, 0.1) is 6.92 Å². The number of oxazole rings is 1. The second-order valence-electron chi connectivity index (χ2n) is 8.65. The van der Waals surface area contributed by atoms with Crippen LogP contribution in [0.25, 0.3) is 22.2 Å². The predicted molar refractivity (Wildman–Crippen MR) is 130 cm³/mol. The van der Waals surface area contributed by atoms with Gasteiger partial charge in [0.1, 0.15) is 11.5 Å². The number of hydrogen-bond donors (Lipinski definition) is 0. The summed E-state index contributed by atoms with van der Waals surface area (Å²) in [7, 11) is 1.70. The Morgan fingerprint density at radius 3 is 2.42 bits per heavy atom. The van der Waals surface area contributed by atoms with Gasteiger partial charge in [-0.25, -0.2) is 4.98 Å². The number of likely N-dealkylation sites (tertiary alicyclic amines) is 1. The van der Waals surface area contributed by atoms with E-state index in [1.165, 1.54) is 5.56 Å². The van der Waals surface area contributed by atoms with Gasteiger partial charge in [-0.2, -0.15) is 0 Å². The molecule has 33 heavy (non-hydrogen) atoms. The van der Waals surface area contributed by atoms with Crippen molar-refractivity contribution >= 4 is 10.8 Å². The molecule has 4 aromatic rings. The second-order valence-corrected chi connectivity index (χ2v) is 8.65. The van der Waals surface area contributed by atoms with Gasteiger partial charge in [-0.3, -0.25) is 4.90 Å². The molecule has 1 saturated heterocycles. The molecule has 0 N–H and O–H groups in total. The molecule has 0 atom stereocenters. The number of methoxy groups -OCH3 is 1. The number of ether oxygens (including phenoxy) is 2. The first kappa shape index (κ1) is 21.7.